The minimum Gasteiger partial charge on any atom is -0.248 e. The van der Waals surface area contributed by atoms with Crippen molar-refractivity contribution >= 4 is 0 Å². The molecule has 0 bridgehead atoms. The van der Waals surface area contributed by atoms with Gasteiger partial charge in [0.2, 0.25) is 0 Å². The fraction of sp³-hybridized carbons (Fsp3) is 0.0893. The molecule has 0 saturated heterocycles. The number of pyridine rings is 1. The second kappa shape index (κ2) is 13.1. The van der Waals surface area contributed by atoms with Gasteiger partial charge in [-0.1, -0.05) is 213 Å². The maximum absolute atomic E-state index is 5.30. The molecule has 3 aliphatic rings. The van der Waals surface area contributed by atoms with E-state index in [0.29, 0.717) is 5.92 Å². The topological polar surface area (TPSA) is 12.9 Å². The third-order valence-electron chi connectivity index (χ3n) is 12.8. The van der Waals surface area contributed by atoms with E-state index in [9.17, 15) is 0 Å². The number of fused-ring (bicyclic) bond motifs is 5. The highest BCUT2D eigenvalue weighted by Crippen LogP contribution is 2.66. The number of allylic oxidation sites excluding steroid dienone is 4. The van der Waals surface area contributed by atoms with Crippen LogP contribution in [0.4, 0.5) is 0 Å². The minimum atomic E-state index is -0.571. The summed E-state index contributed by atoms with van der Waals surface area (Å²) in [5.41, 5.74) is 19.0. The van der Waals surface area contributed by atoms with Gasteiger partial charge in [-0.25, -0.2) is 4.98 Å². The minimum absolute atomic E-state index is 0.397. The van der Waals surface area contributed by atoms with Gasteiger partial charge in [0, 0.05) is 11.1 Å². The third-order valence-corrected chi connectivity index (χ3v) is 12.8. The van der Waals surface area contributed by atoms with Crippen LogP contribution < -0.4 is 0 Å². The second-order valence-corrected chi connectivity index (χ2v) is 15.9. The van der Waals surface area contributed by atoms with Crippen molar-refractivity contribution in [3.8, 4) is 44.8 Å². The Morgan fingerprint density at radius 2 is 0.965 bits per heavy atom. The maximum Gasteiger partial charge on any atom is 0.0715 e. The zero-order valence-corrected chi connectivity index (χ0v) is 31.9. The predicted molar refractivity (Wildman–Crippen MR) is 235 cm³/mol. The summed E-state index contributed by atoms with van der Waals surface area (Å²) in [7, 11) is 0. The molecule has 8 aromatic rings. The highest BCUT2D eigenvalue weighted by atomic mass is 14.7. The van der Waals surface area contributed by atoms with Gasteiger partial charge in [0.1, 0.15) is 0 Å². The lowest BCUT2D eigenvalue weighted by Crippen LogP contribution is -2.45. The van der Waals surface area contributed by atoms with Crippen LogP contribution in [0.25, 0.3) is 44.8 Å². The molecular formula is C56H41N. The van der Waals surface area contributed by atoms with Crippen LogP contribution in [0.1, 0.15) is 52.3 Å². The summed E-state index contributed by atoms with van der Waals surface area (Å²) in [6, 6.07) is 71.8. The molecule has 11 rings (SSSR count). The Hall–Kier alpha value is -6.83. The van der Waals surface area contributed by atoms with Gasteiger partial charge in [0.05, 0.1) is 22.2 Å². The molecule has 0 N–H and O–H groups in total. The first kappa shape index (κ1) is 33.5. The van der Waals surface area contributed by atoms with Gasteiger partial charge >= 0.3 is 0 Å². The molecular weight excluding hydrogens is 687 g/mol. The van der Waals surface area contributed by atoms with Gasteiger partial charge in [-0.3, -0.25) is 0 Å². The first-order chi connectivity index (χ1) is 28.2. The fourth-order valence-corrected chi connectivity index (χ4v) is 10.5. The monoisotopic (exact) mass is 727 g/mol. The molecule has 1 heteroatoms. The van der Waals surface area contributed by atoms with E-state index in [-0.39, 0.29) is 0 Å². The summed E-state index contributed by atoms with van der Waals surface area (Å²) in [6.45, 7) is 2.35. The van der Waals surface area contributed by atoms with Crippen molar-refractivity contribution in [2.45, 2.75) is 24.2 Å². The Kier molecular flexibility index (Phi) is 7.73. The van der Waals surface area contributed by atoms with E-state index in [4.69, 9.17) is 4.98 Å². The number of nitrogens with zero attached hydrogens (tertiary/aromatic N) is 1. The Bertz CT molecular complexity index is 2810. The summed E-state index contributed by atoms with van der Waals surface area (Å²) >= 11 is 0. The molecule has 1 aromatic heterocycles. The van der Waals surface area contributed by atoms with Crippen LogP contribution in [0.2, 0.25) is 0 Å². The van der Waals surface area contributed by atoms with E-state index < -0.39 is 10.8 Å². The molecule has 270 valence electrons. The Morgan fingerprint density at radius 1 is 0.439 bits per heavy atom. The molecule has 0 radical (unpaired) electrons. The summed E-state index contributed by atoms with van der Waals surface area (Å²) in [5.74, 6) is 0.458. The number of hydrogen-bond acceptors (Lipinski definition) is 1. The van der Waals surface area contributed by atoms with Crippen LogP contribution in [0.3, 0.4) is 0 Å². The first-order valence-electron chi connectivity index (χ1n) is 20.2. The lowest BCUT2D eigenvalue weighted by atomic mass is 9.51. The van der Waals surface area contributed by atoms with Gasteiger partial charge in [-0.2, -0.15) is 0 Å². The van der Waals surface area contributed by atoms with Gasteiger partial charge < -0.3 is 0 Å². The van der Waals surface area contributed by atoms with Crippen molar-refractivity contribution in [1.82, 2.24) is 4.98 Å². The lowest BCUT2D eigenvalue weighted by molar-refractivity contribution is 0.570. The van der Waals surface area contributed by atoms with Crippen LogP contribution in [-0.2, 0) is 10.8 Å². The van der Waals surface area contributed by atoms with Crippen LogP contribution >= 0.6 is 0 Å². The largest absolute Gasteiger partial charge is 0.248 e. The van der Waals surface area contributed by atoms with Crippen molar-refractivity contribution < 1.29 is 0 Å². The van der Waals surface area contributed by atoms with Crippen molar-refractivity contribution in [1.29, 1.82) is 0 Å². The van der Waals surface area contributed by atoms with Gasteiger partial charge in [-0.15, -0.1) is 0 Å². The van der Waals surface area contributed by atoms with Crippen molar-refractivity contribution in [3.05, 3.63) is 257 Å². The Labute approximate surface area is 335 Å². The highest BCUT2D eigenvalue weighted by molar-refractivity contribution is 5.92. The van der Waals surface area contributed by atoms with E-state index in [1.54, 1.807) is 0 Å². The molecule has 0 amide bonds. The van der Waals surface area contributed by atoms with Crippen LogP contribution in [0, 0.1) is 5.92 Å². The van der Waals surface area contributed by atoms with E-state index >= 15 is 0 Å². The molecule has 57 heavy (non-hydrogen) atoms. The standard InChI is InChI=1S/C56H41N/c1-38-17-15-24-45(35-38)56-48-27-12-11-25-46(48)47-26-16-30-51(54(47)56)55(43-22-9-4-10-23-43,49-28-13-14-29-50(49)56)44-33-31-41(32-34-44)53-37-42(39-18-5-2-6-19-39)36-52(57-53)40-20-7-3-8-21-40/h2-34,36-38H,35H2,1H3. The number of hydrogen-bond donors (Lipinski definition) is 0. The van der Waals surface area contributed by atoms with Gasteiger partial charge in [0.25, 0.3) is 0 Å². The van der Waals surface area contributed by atoms with Crippen LogP contribution in [0.5, 0.6) is 0 Å². The molecule has 3 aliphatic carbocycles. The molecule has 1 nitrogen and oxygen atoms in total. The van der Waals surface area contributed by atoms with E-state index in [1.165, 1.54) is 61.2 Å². The first-order valence-corrected chi connectivity index (χ1v) is 20.2. The third kappa shape index (κ3) is 4.92. The zero-order chi connectivity index (χ0) is 38.0. The van der Waals surface area contributed by atoms with Crippen LogP contribution in [0.15, 0.2) is 218 Å². The molecule has 7 aromatic carbocycles. The number of aromatic nitrogens is 1. The van der Waals surface area contributed by atoms with Crippen molar-refractivity contribution in [3.63, 3.8) is 0 Å². The van der Waals surface area contributed by atoms with E-state index in [2.05, 4.69) is 219 Å². The Balaban J connectivity index is 1.17. The predicted octanol–water partition coefficient (Wildman–Crippen LogP) is 13.6. The molecule has 1 heterocycles. The molecule has 0 fully saturated rings. The van der Waals surface area contributed by atoms with E-state index in [1.807, 2.05) is 0 Å². The molecule has 3 unspecified atom stereocenters. The zero-order valence-electron chi connectivity index (χ0n) is 31.9. The van der Waals surface area contributed by atoms with Gasteiger partial charge in [-0.05, 0) is 85.7 Å². The average molecular weight is 728 g/mol. The number of benzene rings is 7. The normalized spacial score (nSPS) is 19.9. The summed E-state index contributed by atoms with van der Waals surface area (Å²) in [4.78, 5) is 5.30. The SMILES string of the molecule is CC1C=CC=C(C23c4ccccc4-c4cccc(c42)C(c2ccccc2)(c2ccc(-c4cc(-c5ccccc5)cc(-c5ccccc5)n4)cc2)c2ccccc23)C1. The maximum atomic E-state index is 5.30. The van der Waals surface area contributed by atoms with E-state index in [0.717, 1.165) is 34.5 Å². The van der Waals surface area contributed by atoms with Gasteiger partial charge in [0.15, 0.2) is 0 Å². The molecule has 0 aliphatic heterocycles. The summed E-state index contributed by atoms with van der Waals surface area (Å²) < 4.78 is 0. The summed E-state index contributed by atoms with van der Waals surface area (Å²) in [5, 5.41) is 0. The Morgan fingerprint density at radius 3 is 1.65 bits per heavy atom. The van der Waals surface area contributed by atoms with Crippen molar-refractivity contribution in [2.75, 3.05) is 0 Å². The fourth-order valence-electron chi connectivity index (χ4n) is 10.5. The average Bonchev–Trinajstić information content (AvgIpc) is 3.60. The van der Waals surface area contributed by atoms with Crippen molar-refractivity contribution in [2.24, 2.45) is 5.92 Å². The quantitative estimate of drug-likeness (QED) is 0.166. The molecule has 3 atom stereocenters. The summed E-state index contributed by atoms with van der Waals surface area (Å²) in [6.07, 6.45) is 8.08. The second-order valence-electron chi connectivity index (χ2n) is 15.9. The smallest absolute Gasteiger partial charge is 0.0715 e. The number of rotatable bonds is 6. The lowest BCUT2D eigenvalue weighted by Gasteiger charge is -2.50. The highest BCUT2D eigenvalue weighted by Gasteiger charge is 2.58. The van der Waals surface area contributed by atoms with Crippen LogP contribution in [-0.4, -0.2) is 4.98 Å². The molecule has 0 spiro atoms. The molecule has 0 saturated carbocycles.